The molecular formula is C12H14N4O2S. The van der Waals surface area contributed by atoms with Gasteiger partial charge in [0.25, 0.3) is 10.0 Å². The molecule has 1 aromatic carbocycles. The molecule has 0 atom stereocenters. The molecule has 0 aliphatic heterocycles. The second kappa shape index (κ2) is 5.25. The minimum Gasteiger partial charge on any atom is -0.323 e. The summed E-state index contributed by atoms with van der Waals surface area (Å²) in [7, 11) is -3.73. The van der Waals surface area contributed by atoms with Gasteiger partial charge in [-0.25, -0.2) is 13.4 Å². The van der Waals surface area contributed by atoms with Crippen LogP contribution in [-0.4, -0.2) is 13.4 Å². The highest BCUT2D eigenvalue weighted by Gasteiger charge is 2.18. The van der Waals surface area contributed by atoms with Gasteiger partial charge in [0.05, 0.1) is 5.69 Å². The molecule has 6 nitrogen and oxygen atoms in total. The van der Waals surface area contributed by atoms with Crippen LogP contribution in [0, 0.1) is 6.92 Å². The van der Waals surface area contributed by atoms with Gasteiger partial charge in [-0.1, -0.05) is 18.2 Å². The third-order valence-corrected chi connectivity index (χ3v) is 3.87. The van der Waals surface area contributed by atoms with Crippen LogP contribution in [0.15, 0.2) is 47.4 Å². The third kappa shape index (κ3) is 3.01. The van der Waals surface area contributed by atoms with Crippen LogP contribution in [0.2, 0.25) is 0 Å². The van der Waals surface area contributed by atoms with E-state index in [0.717, 1.165) is 5.69 Å². The zero-order valence-corrected chi connectivity index (χ0v) is 11.1. The van der Waals surface area contributed by atoms with Crippen LogP contribution in [-0.2, 0) is 10.0 Å². The summed E-state index contributed by atoms with van der Waals surface area (Å²) in [6.07, 6.45) is 0. The number of nitrogen functional groups attached to an aromatic ring is 1. The number of hydrogen-bond acceptors (Lipinski definition) is 5. The number of nitrogens with two attached hydrogens (primary N) is 1. The number of hydrogen-bond donors (Lipinski definition) is 3. The summed E-state index contributed by atoms with van der Waals surface area (Å²) in [4.78, 5) is 4.17. The Bertz CT molecular complexity index is 686. The molecular weight excluding hydrogens is 264 g/mol. The quantitative estimate of drug-likeness (QED) is 0.581. The number of rotatable bonds is 4. The Hall–Kier alpha value is -2.12. The van der Waals surface area contributed by atoms with Gasteiger partial charge in [0.15, 0.2) is 0 Å². The normalized spacial score (nSPS) is 11.1. The molecule has 0 unspecified atom stereocenters. The average Bonchev–Trinajstić information content (AvgIpc) is 2.38. The van der Waals surface area contributed by atoms with Crippen molar-refractivity contribution >= 4 is 21.5 Å². The van der Waals surface area contributed by atoms with Crippen LogP contribution in [0.3, 0.4) is 0 Å². The Morgan fingerprint density at radius 3 is 2.53 bits per heavy atom. The first-order chi connectivity index (χ1) is 9.03. The molecule has 0 bridgehead atoms. The molecule has 7 heteroatoms. The molecule has 0 aliphatic rings. The first kappa shape index (κ1) is 13.3. The highest BCUT2D eigenvalue weighted by Crippen LogP contribution is 2.22. The van der Waals surface area contributed by atoms with Crippen molar-refractivity contribution in [2.45, 2.75) is 11.8 Å². The number of hydrazine groups is 1. The van der Waals surface area contributed by atoms with Crippen molar-refractivity contribution < 1.29 is 8.42 Å². The summed E-state index contributed by atoms with van der Waals surface area (Å²) >= 11 is 0. The van der Waals surface area contributed by atoms with Crippen molar-refractivity contribution in [2.24, 2.45) is 5.84 Å². The van der Waals surface area contributed by atoms with E-state index in [1.165, 1.54) is 6.07 Å². The van der Waals surface area contributed by atoms with E-state index in [9.17, 15) is 8.42 Å². The number of pyridine rings is 1. The molecule has 0 fully saturated rings. The van der Waals surface area contributed by atoms with Crippen LogP contribution in [0.4, 0.5) is 11.5 Å². The molecule has 1 aromatic heterocycles. The van der Waals surface area contributed by atoms with E-state index in [1.54, 1.807) is 43.3 Å². The van der Waals surface area contributed by atoms with Gasteiger partial charge in [0, 0.05) is 5.69 Å². The predicted octanol–water partition coefficient (Wildman–Crippen LogP) is 1.48. The van der Waals surface area contributed by atoms with E-state index >= 15 is 0 Å². The van der Waals surface area contributed by atoms with Gasteiger partial charge < -0.3 is 5.43 Å². The SMILES string of the molecule is Cc1cccc(NS(=O)(=O)c2ccccc2NN)n1. The fourth-order valence-electron chi connectivity index (χ4n) is 1.61. The largest absolute Gasteiger partial charge is 0.323 e. The maximum Gasteiger partial charge on any atom is 0.265 e. The molecule has 0 amide bonds. The number of para-hydroxylation sites is 1. The molecule has 1 heterocycles. The summed E-state index contributed by atoms with van der Waals surface area (Å²) in [6.45, 7) is 1.78. The Morgan fingerprint density at radius 2 is 1.84 bits per heavy atom. The summed E-state index contributed by atoms with van der Waals surface area (Å²) in [6, 6.07) is 11.5. The van der Waals surface area contributed by atoms with Crippen molar-refractivity contribution in [3.8, 4) is 0 Å². The zero-order chi connectivity index (χ0) is 13.9. The Morgan fingerprint density at radius 1 is 1.11 bits per heavy atom. The lowest BCUT2D eigenvalue weighted by atomic mass is 10.3. The lowest BCUT2D eigenvalue weighted by Gasteiger charge is -2.11. The minimum absolute atomic E-state index is 0.0702. The lowest BCUT2D eigenvalue weighted by molar-refractivity contribution is 0.601. The Kier molecular flexibility index (Phi) is 3.68. The number of nitrogens with one attached hydrogen (secondary N) is 2. The van der Waals surface area contributed by atoms with Crippen LogP contribution < -0.4 is 16.0 Å². The zero-order valence-electron chi connectivity index (χ0n) is 10.3. The topological polar surface area (TPSA) is 97.1 Å². The number of nitrogens with zero attached hydrogens (tertiary/aromatic N) is 1. The molecule has 19 heavy (non-hydrogen) atoms. The van der Waals surface area contributed by atoms with E-state index in [1.807, 2.05) is 0 Å². The molecule has 100 valence electrons. The first-order valence-electron chi connectivity index (χ1n) is 5.55. The number of anilines is 2. The molecule has 0 aliphatic carbocycles. The van der Waals surface area contributed by atoms with Gasteiger partial charge in [0.2, 0.25) is 0 Å². The van der Waals surface area contributed by atoms with Crippen LogP contribution in [0.1, 0.15) is 5.69 Å². The number of aromatic nitrogens is 1. The van der Waals surface area contributed by atoms with Crippen LogP contribution in [0.25, 0.3) is 0 Å². The molecule has 4 N–H and O–H groups in total. The number of aryl methyl sites for hydroxylation is 1. The second-order valence-electron chi connectivity index (χ2n) is 3.91. The number of sulfonamides is 1. The van der Waals surface area contributed by atoms with Crippen molar-refractivity contribution in [2.75, 3.05) is 10.1 Å². The summed E-state index contributed by atoms with van der Waals surface area (Å²) in [5.74, 6) is 5.58. The lowest BCUT2D eigenvalue weighted by Crippen LogP contribution is -2.18. The van der Waals surface area contributed by atoms with Gasteiger partial charge in [0.1, 0.15) is 10.7 Å². The van der Waals surface area contributed by atoms with Gasteiger partial charge in [-0.3, -0.25) is 10.6 Å². The van der Waals surface area contributed by atoms with Gasteiger partial charge in [-0.2, -0.15) is 0 Å². The highest BCUT2D eigenvalue weighted by molar-refractivity contribution is 7.92. The van der Waals surface area contributed by atoms with E-state index in [2.05, 4.69) is 15.1 Å². The third-order valence-electron chi connectivity index (χ3n) is 2.46. The highest BCUT2D eigenvalue weighted by atomic mass is 32.2. The summed E-state index contributed by atoms with van der Waals surface area (Å²) < 4.78 is 26.9. The molecule has 2 aromatic rings. The smallest absolute Gasteiger partial charge is 0.265 e. The monoisotopic (exact) mass is 278 g/mol. The van der Waals surface area contributed by atoms with Crippen molar-refractivity contribution in [3.63, 3.8) is 0 Å². The first-order valence-corrected chi connectivity index (χ1v) is 7.03. The van der Waals surface area contributed by atoms with Crippen LogP contribution in [0.5, 0.6) is 0 Å². The van der Waals surface area contributed by atoms with Gasteiger partial charge in [-0.05, 0) is 31.2 Å². The second-order valence-corrected chi connectivity index (χ2v) is 5.56. The van der Waals surface area contributed by atoms with E-state index < -0.39 is 10.0 Å². The maximum absolute atomic E-state index is 12.2. The maximum atomic E-state index is 12.2. The summed E-state index contributed by atoms with van der Waals surface area (Å²) in [5, 5.41) is 0. The van der Waals surface area contributed by atoms with Crippen molar-refractivity contribution in [3.05, 3.63) is 48.2 Å². The fourth-order valence-corrected chi connectivity index (χ4v) is 2.79. The fraction of sp³-hybridized carbons (Fsp3) is 0.0833. The standard InChI is InChI=1S/C12H14N4O2S/c1-9-5-4-8-12(14-9)16-19(17,18)11-7-3-2-6-10(11)15-13/h2-8,15H,13H2,1H3,(H,14,16). The van der Waals surface area contributed by atoms with E-state index in [-0.39, 0.29) is 10.7 Å². The van der Waals surface area contributed by atoms with Crippen molar-refractivity contribution in [1.82, 2.24) is 4.98 Å². The van der Waals surface area contributed by atoms with Crippen LogP contribution >= 0.6 is 0 Å². The molecule has 0 saturated carbocycles. The van der Waals surface area contributed by atoms with E-state index in [4.69, 9.17) is 5.84 Å². The molecule has 0 spiro atoms. The Labute approximate surface area is 111 Å². The number of benzene rings is 1. The summed E-state index contributed by atoms with van der Waals surface area (Å²) in [5.41, 5.74) is 3.41. The van der Waals surface area contributed by atoms with Crippen molar-refractivity contribution in [1.29, 1.82) is 0 Å². The van der Waals surface area contributed by atoms with Gasteiger partial charge >= 0.3 is 0 Å². The molecule has 0 radical (unpaired) electrons. The minimum atomic E-state index is -3.73. The average molecular weight is 278 g/mol. The van der Waals surface area contributed by atoms with E-state index in [0.29, 0.717) is 5.69 Å². The Balaban J connectivity index is 2.38. The molecule has 0 saturated heterocycles. The predicted molar refractivity (Wildman–Crippen MR) is 74.0 cm³/mol. The van der Waals surface area contributed by atoms with Gasteiger partial charge in [-0.15, -0.1) is 0 Å². The molecule has 2 rings (SSSR count).